The molecule has 0 heterocycles. The van der Waals surface area contributed by atoms with Gasteiger partial charge in [0.05, 0.1) is 12.6 Å². The fourth-order valence-corrected chi connectivity index (χ4v) is 2.65. The number of aliphatic imine (C=N–C) groups is 1. The number of nitrogens with one attached hydrogen (secondary N) is 3. The maximum Gasteiger partial charge on any atom is 0.221 e. The van der Waals surface area contributed by atoms with Gasteiger partial charge in [0, 0.05) is 29.6 Å². The van der Waals surface area contributed by atoms with Crippen LogP contribution in [0.5, 0.6) is 0 Å². The highest BCUT2D eigenvalue weighted by Crippen LogP contribution is 2.25. The Bertz CT molecular complexity index is 564. The Balaban J connectivity index is 2.63. The summed E-state index contributed by atoms with van der Waals surface area (Å²) in [4.78, 5) is 16.0. The molecule has 1 atom stereocenters. The van der Waals surface area contributed by atoms with Gasteiger partial charge in [0.2, 0.25) is 5.91 Å². The van der Waals surface area contributed by atoms with Crippen molar-refractivity contribution in [1.29, 1.82) is 0 Å². The number of carbonyl (C=O) groups excluding carboxylic acids is 1. The van der Waals surface area contributed by atoms with Crippen molar-refractivity contribution in [2.45, 2.75) is 39.7 Å². The molecular formula is C17H26Cl2N4O. The van der Waals surface area contributed by atoms with Gasteiger partial charge in [-0.2, -0.15) is 0 Å². The van der Waals surface area contributed by atoms with Crippen molar-refractivity contribution in [3.63, 3.8) is 0 Å². The minimum atomic E-state index is -0.0403. The molecule has 1 aromatic rings. The van der Waals surface area contributed by atoms with Crippen LogP contribution in [-0.4, -0.2) is 31.5 Å². The number of carbonyl (C=O) groups is 1. The predicted octanol–water partition coefficient (Wildman–Crippen LogP) is 3.53. The molecular weight excluding hydrogens is 347 g/mol. The number of hydrogen-bond donors (Lipinski definition) is 3. The van der Waals surface area contributed by atoms with Gasteiger partial charge >= 0.3 is 0 Å². The van der Waals surface area contributed by atoms with Crippen molar-refractivity contribution in [1.82, 2.24) is 16.0 Å². The lowest BCUT2D eigenvalue weighted by atomic mass is 10.1. The highest BCUT2D eigenvalue weighted by atomic mass is 35.5. The summed E-state index contributed by atoms with van der Waals surface area (Å²) >= 11 is 12.2. The SMILES string of the molecule is CCCNC(=O)CCN=C(NCC)NC(C)c1ccc(Cl)cc1Cl. The second kappa shape index (κ2) is 11.2. The molecule has 0 spiro atoms. The molecule has 1 unspecified atom stereocenters. The number of amides is 1. The average Bonchev–Trinajstić information content (AvgIpc) is 2.52. The summed E-state index contributed by atoms with van der Waals surface area (Å²) in [6.45, 7) is 7.86. The Morgan fingerprint density at radius 2 is 2.00 bits per heavy atom. The van der Waals surface area contributed by atoms with Crippen LogP contribution in [0.4, 0.5) is 0 Å². The van der Waals surface area contributed by atoms with Crippen molar-refractivity contribution in [2.75, 3.05) is 19.6 Å². The third-order valence-electron chi connectivity index (χ3n) is 3.31. The molecule has 0 aliphatic heterocycles. The van der Waals surface area contributed by atoms with E-state index in [0.717, 1.165) is 18.5 Å². The van der Waals surface area contributed by atoms with Crippen LogP contribution in [0.15, 0.2) is 23.2 Å². The van der Waals surface area contributed by atoms with E-state index >= 15 is 0 Å². The largest absolute Gasteiger partial charge is 0.357 e. The molecule has 0 fully saturated rings. The molecule has 1 amide bonds. The zero-order valence-corrected chi connectivity index (χ0v) is 16.0. The first-order valence-electron chi connectivity index (χ1n) is 8.24. The summed E-state index contributed by atoms with van der Waals surface area (Å²) in [7, 11) is 0. The van der Waals surface area contributed by atoms with E-state index in [2.05, 4.69) is 20.9 Å². The number of hydrogen-bond acceptors (Lipinski definition) is 2. The van der Waals surface area contributed by atoms with Crippen LogP contribution < -0.4 is 16.0 Å². The topological polar surface area (TPSA) is 65.5 Å². The quantitative estimate of drug-likeness (QED) is 0.483. The normalized spacial score (nSPS) is 12.6. The van der Waals surface area contributed by atoms with Crippen molar-refractivity contribution in [3.05, 3.63) is 33.8 Å². The Kier molecular flexibility index (Phi) is 9.57. The molecule has 0 aliphatic carbocycles. The number of rotatable bonds is 8. The molecule has 7 heteroatoms. The van der Waals surface area contributed by atoms with E-state index in [1.165, 1.54) is 0 Å². The predicted molar refractivity (Wildman–Crippen MR) is 102 cm³/mol. The molecule has 0 bridgehead atoms. The van der Waals surface area contributed by atoms with Crippen LogP contribution >= 0.6 is 23.2 Å². The van der Waals surface area contributed by atoms with Crippen LogP contribution in [0.25, 0.3) is 0 Å². The lowest BCUT2D eigenvalue weighted by Crippen LogP contribution is -2.39. The zero-order valence-electron chi connectivity index (χ0n) is 14.5. The lowest BCUT2D eigenvalue weighted by molar-refractivity contribution is -0.120. The number of guanidine groups is 1. The monoisotopic (exact) mass is 372 g/mol. The Morgan fingerprint density at radius 3 is 2.62 bits per heavy atom. The van der Waals surface area contributed by atoms with Gasteiger partial charge in [-0.3, -0.25) is 9.79 Å². The molecule has 1 rings (SSSR count). The standard InChI is InChI=1S/C17H26Cl2N4O/c1-4-9-21-16(24)8-10-22-17(20-5-2)23-12(3)14-7-6-13(18)11-15(14)19/h6-7,11-12H,4-5,8-10H2,1-3H3,(H,21,24)(H2,20,22,23). The Hall–Kier alpha value is -1.46. The Morgan fingerprint density at radius 1 is 1.25 bits per heavy atom. The van der Waals surface area contributed by atoms with E-state index in [1.807, 2.05) is 32.9 Å². The second-order valence-electron chi connectivity index (χ2n) is 5.39. The van der Waals surface area contributed by atoms with Gasteiger partial charge in [-0.25, -0.2) is 0 Å². The van der Waals surface area contributed by atoms with Crippen LogP contribution in [0.3, 0.4) is 0 Å². The molecule has 3 N–H and O–H groups in total. The average molecular weight is 373 g/mol. The minimum Gasteiger partial charge on any atom is -0.357 e. The molecule has 134 valence electrons. The maximum absolute atomic E-state index is 11.6. The lowest BCUT2D eigenvalue weighted by Gasteiger charge is -2.19. The van der Waals surface area contributed by atoms with E-state index in [-0.39, 0.29) is 11.9 Å². The van der Waals surface area contributed by atoms with Crippen molar-refractivity contribution in [2.24, 2.45) is 4.99 Å². The van der Waals surface area contributed by atoms with E-state index < -0.39 is 0 Å². The summed E-state index contributed by atoms with van der Waals surface area (Å²) in [5.41, 5.74) is 0.937. The van der Waals surface area contributed by atoms with Crippen LogP contribution in [0, 0.1) is 0 Å². The molecule has 0 aliphatic rings. The van der Waals surface area contributed by atoms with Gasteiger partial charge < -0.3 is 16.0 Å². The molecule has 0 saturated heterocycles. The fourth-order valence-electron chi connectivity index (χ4n) is 2.08. The van der Waals surface area contributed by atoms with Crippen molar-refractivity contribution in [3.8, 4) is 0 Å². The summed E-state index contributed by atoms with van der Waals surface area (Å²) in [6.07, 6.45) is 1.30. The summed E-state index contributed by atoms with van der Waals surface area (Å²) in [6, 6.07) is 5.38. The second-order valence-corrected chi connectivity index (χ2v) is 6.24. The van der Waals surface area contributed by atoms with E-state index in [0.29, 0.717) is 35.5 Å². The summed E-state index contributed by atoms with van der Waals surface area (Å²) in [5, 5.41) is 10.5. The smallest absolute Gasteiger partial charge is 0.221 e. The number of nitrogens with zero attached hydrogens (tertiary/aromatic N) is 1. The first kappa shape index (κ1) is 20.6. The van der Waals surface area contributed by atoms with Gasteiger partial charge in [0.15, 0.2) is 5.96 Å². The molecule has 24 heavy (non-hydrogen) atoms. The van der Waals surface area contributed by atoms with Gasteiger partial charge in [-0.05, 0) is 38.0 Å². The van der Waals surface area contributed by atoms with Crippen molar-refractivity contribution < 1.29 is 4.79 Å². The first-order chi connectivity index (χ1) is 11.5. The van der Waals surface area contributed by atoms with Crippen LogP contribution in [0.1, 0.15) is 45.2 Å². The van der Waals surface area contributed by atoms with Crippen LogP contribution in [-0.2, 0) is 4.79 Å². The van der Waals surface area contributed by atoms with Gasteiger partial charge in [0.1, 0.15) is 0 Å². The summed E-state index contributed by atoms with van der Waals surface area (Å²) < 4.78 is 0. The molecule has 1 aromatic carbocycles. The highest BCUT2D eigenvalue weighted by molar-refractivity contribution is 6.35. The van der Waals surface area contributed by atoms with E-state index in [9.17, 15) is 4.79 Å². The summed E-state index contributed by atoms with van der Waals surface area (Å²) in [5.74, 6) is 0.671. The maximum atomic E-state index is 11.6. The van der Waals surface area contributed by atoms with E-state index in [4.69, 9.17) is 23.2 Å². The number of benzene rings is 1. The first-order valence-corrected chi connectivity index (χ1v) is 9.00. The van der Waals surface area contributed by atoms with Gasteiger partial charge in [-0.15, -0.1) is 0 Å². The third kappa shape index (κ3) is 7.41. The minimum absolute atomic E-state index is 0.0187. The third-order valence-corrected chi connectivity index (χ3v) is 3.87. The zero-order chi connectivity index (χ0) is 17.9. The van der Waals surface area contributed by atoms with Gasteiger partial charge in [0.25, 0.3) is 0 Å². The fraction of sp³-hybridized carbons (Fsp3) is 0.529. The van der Waals surface area contributed by atoms with Crippen LogP contribution in [0.2, 0.25) is 10.0 Å². The van der Waals surface area contributed by atoms with Gasteiger partial charge in [-0.1, -0.05) is 36.2 Å². The molecule has 0 aromatic heterocycles. The molecule has 0 saturated carbocycles. The van der Waals surface area contributed by atoms with E-state index in [1.54, 1.807) is 6.07 Å². The Labute approximate surface area is 154 Å². The molecule has 5 nitrogen and oxygen atoms in total. The molecule has 0 radical (unpaired) electrons. The highest BCUT2D eigenvalue weighted by Gasteiger charge is 2.12. The van der Waals surface area contributed by atoms with Crippen molar-refractivity contribution >= 4 is 35.1 Å². The number of halogens is 2.